The van der Waals surface area contributed by atoms with E-state index in [1.54, 1.807) is 18.2 Å². The molecule has 10 heteroatoms. The molecule has 0 saturated carbocycles. The molecule has 0 atom stereocenters. The molecular formula is C24H22BrClN4O3S. The molecule has 34 heavy (non-hydrogen) atoms. The highest BCUT2D eigenvalue weighted by Gasteiger charge is 2.21. The predicted molar refractivity (Wildman–Crippen MR) is 137 cm³/mol. The summed E-state index contributed by atoms with van der Waals surface area (Å²) >= 11 is 9.80. The maximum Gasteiger partial charge on any atom is 0.283 e. The van der Waals surface area contributed by atoms with Crippen molar-refractivity contribution in [3.05, 3.63) is 91.8 Å². The number of carbonyl (C=O) groups excluding carboxylic acids is 1. The first kappa shape index (κ1) is 24.4. The molecule has 0 radical (unpaired) electrons. The van der Waals surface area contributed by atoms with Gasteiger partial charge in [0.1, 0.15) is 17.0 Å². The van der Waals surface area contributed by atoms with Crippen LogP contribution in [0.4, 0.5) is 0 Å². The molecule has 1 N–H and O–H groups in total. The van der Waals surface area contributed by atoms with Crippen LogP contribution in [0.25, 0.3) is 11.2 Å². The number of carbonyl (C=O) groups is 1. The number of nitrogens with one attached hydrogen (secondary N) is 1. The normalized spacial score (nSPS) is 11.7. The number of sulfonamides is 1. The highest BCUT2D eigenvalue weighted by molar-refractivity contribution is 9.10. The van der Waals surface area contributed by atoms with Crippen molar-refractivity contribution in [1.29, 1.82) is 0 Å². The molecule has 2 aromatic heterocycles. The van der Waals surface area contributed by atoms with Crippen LogP contribution in [0.1, 0.15) is 38.6 Å². The molecule has 0 unspecified atom stereocenters. The zero-order valence-electron chi connectivity index (χ0n) is 18.8. The molecule has 7 nitrogen and oxygen atoms in total. The number of halogens is 2. The molecule has 0 aliphatic carbocycles. The Kier molecular flexibility index (Phi) is 6.80. The minimum atomic E-state index is -3.91. The van der Waals surface area contributed by atoms with Crippen LogP contribution in [-0.4, -0.2) is 28.9 Å². The van der Waals surface area contributed by atoms with Crippen molar-refractivity contribution in [2.75, 3.05) is 0 Å². The van der Waals surface area contributed by atoms with E-state index < -0.39 is 15.9 Å². The Morgan fingerprint density at radius 3 is 2.44 bits per heavy atom. The van der Waals surface area contributed by atoms with Crippen LogP contribution in [0.15, 0.2) is 53.0 Å². The maximum absolute atomic E-state index is 12.9. The number of aromatic nitrogens is 3. The molecule has 1 amide bonds. The van der Waals surface area contributed by atoms with E-state index in [0.29, 0.717) is 34.1 Å². The summed E-state index contributed by atoms with van der Waals surface area (Å²) in [4.78, 5) is 21.9. The lowest BCUT2D eigenvalue weighted by Crippen LogP contribution is -2.32. The zero-order valence-corrected chi connectivity index (χ0v) is 21.9. The molecule has 4 rings (SSSR count). The Morgan fingerprint density at radius 2 is 1.76 bits per heavy atom. The smallest absolute Gasteiger partial charge is 0.283 e. The second-order valence-electron chi connectivity index (χ2n) is 8.15. The Labute approximate surface area is 211 Å². The number of hydrogen-bond donors (Lipinski definition) is 1. The monoisotopic (exact) mass is 560 g/mol. The Hall–Kier alpha value is -2.75. The number of pyridine rings is 1. The lowest BCUT2D eigenvalue weighted by molar-refractivity contribution is 0.0976. The first-order valence-electron chi connectivity index (χ1n) is 10.4. The zero-order chi connectivity index (χ0) is 24.6. The first-order valence-corrected chi connectivity index (χ1v) is 13.2. The third kappa shape index (κ3) is 5.32. The fourth-order valence-corrected chi connectivity index (χ4v) is 5.43. The Balaban J connectivity index is 1.64. The Morgan fingerprint density at radius 1 is 1.06 bits per heavy atom. The summed E-state index contributed by atoms with van der Waals surface area (Å²) in [5.74, 6) is -0.391. The first-order chi connectivity index (χ1) is 16.0. The van der Waals surface area contributed by atoms with Crippen LogP contribution < -0.4 is 4.72 Å². The molecule has 0 fully saturated rings. The number of nitrogens with zero attached hydrogens (tertiary/aromatic N) is 3. The topological polar surface area (TPSA) is 94.0 Å². The molecule has 0 bridgehead atoms. The van der Waals surface area contributed by atoms with Gasteiger partial charge < -0.3 is 4.57 Å². The third-order valence-corrected chi connectivity index (χ3v) is 7.44. The van der Waals surface area contributed by atoms with Crippen LogP contribution in [0, 0.1) is 20.8 Å². The van der Waals surface area contributed by atoms with E-state index in [-0.39, 0.29) is 11.4 Å². The molecule has 0 aliphatic heterocycles. The average Bonchev–Trinajstić information content (AvgIpc) is 3.07. The van der Waals surface area contributed by atoms with Gasteiger partial charge in [-0.2, -0.15) is 0 Å². The van der Waals surface area contributed by atoms with Gasteiger partial charge in [0.15, 0.2) is 5.65 Å². The number of imidazole rings is 1. The van der Waals surface area contributed by atoms with Gasteiger partial charge in [-0.25, -0.2) is 23.1 Å². The van der Waals surface area contributed by atoms with E-state index in [1.807, 2.05) is 55.7 Å². The predicted octanol–water partition coefficient (Wildman–Crippen LogP) is 5.08. The van der Waals surface area contributed by atoms with Crippen molar-refractivity contribution in [3.63, 3.8) is 0 Å². The SMILES string of the molecule is Cc1ccc(CS(=O)(=O)NC(=O)c2cc(C)c3nc(C)n(Cc4ccc(Br)cc4Cl)c3n2)cc1. The van der Waals surface area contributed by atoms with Crippen LogP contribution in [-0.2, 0) is 22.3 Å². The lowest BCUT2D eigenvalue weighted by atomic mass is 10.2. The summed E-state index contributed by atoms with van der Waals surface area (Å²) in [6, 6.07) is 14.2. The minimum absolute atomic E-state index is 0.000495. The molecule has 0 saturated heterocycles. The second kappa shape index (κ2) is 9.48. The Bertz CT molecular complexity index is 1520. The molecule has 4 aromatic rings. The van der Waals surface area contributed by atoms with Crippen molar-refractivity contribution in [1.82, 2.24) is 19.3 Å². The number of fused-ring (bicyclic) bond motifs is 1. The highest BCUT2D eigenvalue weighted by atomic mass is 79.9. The minimum Gasteiger partial charge on any atom is -0.308 e. The van der Waals surface area contributed by atoms with Crippen LogP contribution in [0.5, 0.6) is 0 Å². The highest BCUT2D eigenvalue weighted by Crippen LogP contribution is 2.25. The molecule has 2 aromatic carbocycles. The summed E-state index contributed by atoms with van der Waals surface area (Å²) < 4.78 is 30.1. The summed E-state index contributed by atoms with van der Waals surface area (Å²) in [5, 5.41) is 0.587. The van der Waals surface area contributed by atoms with Crippen molar-refractivity contribution in [3.8, 4) is 0 Å². The van der Waals surface area contributed by atoms with E-state index >= 15 is 0 Å². The van der Waals surface area contributed by atoms with Gasteiger partial charge in [-0.1, -0.05) is 63.4 Å². The van der Waals surface area contributed by atoms with Crippen molar-refractivity contribution in [2.24, 2.45) is 0 Å². The summed E-state index contributed by atoms with van der Waals surface area (Å²) in [7, 11) is -3.91. The van der Waals surface area contributed by atoms with E-state index in [9.17, 15) is 13.2 Å². The summed E-state index contributed by atoms with van der Waals surface area (Å²) in [5.41, 5.74) is 4.32. The van der Waals surface area contributed by atoms with Gasteiger partial charge >= 0.3 is 0 Å². The average molecular weight is 562 g/mol. The van der Waals surface area contributed by atoms with Gasteiger partial charge in [0.05, 0.1) is 12.3 Å². The molecule has 2 heterocycles. The van der Waals surface area contributed by atoms with Crippen LogP contribution >= 0.6 is 27.5 Å². The molecule has 0 aliphatic rings. The summed E-state index contributed by atoms with van der Waals surface area (Å²) in [6.07, 6.45) is 0. The standard InChI is InChI=1S/C24H22BrClN4O3S/c1-14-4-6-17(7-5-14)13-34(32,33)29-24(31)21-10-15(2)22-23(28-21)30(16(3)27-22)12-18-8-9-19(25)11-20(18)26/h4-11H,12-13H2,1-3H3,(H,29,31). The van der Waals surface area contributed by atoms with Gasteiger partial charge in [-0.15, -0.1) is 0 Å². The van der Waals surface area contributed by atoms with Crippen LogP contribution in [0.3, 0.4) is 0 Å². The van der Waals surface area contributed by atoms with Crippen molar-refractivity contribution < 1.29 is 13.2 Å². The molecule has 0 spiro atoms. The fraction of sp³-hybridized carbons (Fsp3) is 0.208. The van der Waals surface area contributed by atoms with Gasteiger partial charge in [0, 0.05) is 9.50 Å². The quantitative estimate of drug-likeness (QED) is 0.354. The third-order valence-electron chi connectivity index (χ3n) is 5.39. The second-order valence-corrected chi connectivity index (χ2v) is 11.2. The number of aryl methyl sites for hydroxylation is 3. The number of amides is 1. The van der Waals surface area contributed by atoms with Gasteiger partial charge in [0.2, 0.25) is 10.0 Å². The van der Waals surface area contributed by atoms with E-state index in [1.165, 1.54) is 0 Å². The number of benzene rings is 2. The summed E-state index contributed by atoms with van der Waals surface area (Å²) in [6.45, 7) is 5.98. The van der Waals surface area contributed by atoms with Gasteiger partial charge in [-0.05, 0) is 55.7 Å². The van der Waals surface area contributed by atoms with Crippen LogP contribution in [0.2, 0.25) is 5.02 Å². The fourth-order valence-electron chi connectivity index (χ4n) is 3.61. The van der Waals surface area contributed by atoms with Gasteiger partial charge in [-0.3, -0.25) is 4.79 Å². The largest absolute Gasteiger partial charge is 0.308 e. The number of rotatable bonds is 6. The van der Waals surface area contributed by atoms with Gasteiger partial charge in [0.25, 0.3) is 5.91 Å². The van der Waals surface area contributed by atoms with Crippen molar-refractivity contribution >= 4 is 54.6 Å². The van der Waals surface area contributed by atoms with E-state index in [4.69, 9.17) is 11.6 Å². The maximum atomic E-state index is 12.9. The van der Waals surface area contributed by atoms with Crippen molar-refractivity contribution in [2.45, 2.75) is 33.1 Å². The number of hydrogen-bond acceptors (Lipinski definition) is 5. The molecule has 176 valence electrons. The van der Waals surface area contributed by atoms with E-state index in [0.717, 1.165) is 21.2 Å². The van der Waals surface area contributed by atoms with E-state index in [2.05, 4.69) is 30.6 Å². The lowest BCUT2D eigenvalue weighted by Gasteiger charge is -2.11. The molecular weight excluding hydrogens is 540 g/mol.